The maximum atomic E-state index is 12.6. The van der Waals surface area contributed by atoms with Gasteiger partial charge in [0.15, 0.2) is 0 Å². The van der Waals surface area contributed by atoms with E-state index in [1.54, 1.807) is 6.92 Å². The second-order valence-electron chi connectivity index (χ2n) is 5.30. The monoisotopic (exact) mass is 334 g/mol. The average molecular weight is 335 g/mol. The van der Waals surface area contributed by atoms with Crippen molar-refractivity contribution in [2.75, 3.05) is 25.6 Å². The molecule has 8 heteroatoms. The van der Waals surface area contributed by atoms with Crippen molar-refractivity contribution in [2.24, 2.45) is 0 Å². The number of ether oxygens (including phenoxy) is 1. The number of sulfonamides is 1. The Balaban J connectivity index is 2.36. The first-order valence-corrected chi connectivity index (χ1v) is 8.44. The second-order valence-corrected chi connectivity index (χ2v) is 7.35. The van der Waals surface area contributed by atoms with Crippen LogP contribution < -0.4 is 10.5 Å². The van der Waals surface area contributed by atoms with E-state index in [-0.39, 0.29) is 17.2 Å². The summed E-state index contributed by atoms with van der Waals surface area (Å²) in [5, 5.41) is 9.91. The standard InChI is InChI=1S/C13H19ClN2O4S/c1-9-6-10(14)11(15)7-12(9)21(18,19)16-13(8-17)2-4-20-5-3-13/h6-7,16-17H,2-5,8,15H2,1H3. The Bertz CT molecular complexity index is 627. The summed E-state index contributed by atoms with van der Waals surface area (Å²) in [5.74, 6) is 0. The number of aryl methyl sites for hydroxylation is 1. The first-order chi connectivity index (χ1) is 9.80. The van der Waals surface area contributed by atoms with Gasteiger partial charge in [-0.2, -0.15) is 0 Å². The van der Waals surface area contributed by atoms with Gasteiger partial charge in [-0.25, -0.2) is 13.1 Å². The fourth-order valence-corrected chi connectivity index (χ4v) is 4.28. The van der Waals surface area contributed by atoms with Crippen molar-refractivity contribution < 1.29 is 18.3 Å². The topological polar surface area (TPSA) is 102 Å². The lowest BCUT2D eigenvalue weighted by atomic mass is 9.93. The van der Waals surface area contributed by atoms with E-state index in [1.807, 2.05) is 0 Å². The van der Waals surface area contributed by atoms with Crippen LogP contribution in [0, 0.1) is 6.92 Å². The van der Waals surface area contributed by atoms with Crippen molar-refractivity contribution in [1.29, 1.82) is 0 Å². The lowest BCUT2D eigenvalue weighted by Crippen LogP contribution is -2.54. The van der Waals surface area contributed by atoms with Crippen LogP contribution in [0.5, 0.6) is 0 Å². The van der Waals surface area contributed by atoms with Crippen LogP contribution in [-0.2, 0) is 14.8 Å². The van der Waals surface area contributed by atoms with E-state index in [0.29, 0.717) is 36.6 Å². The van der Waals surface area contributed by atoms with Gasteiger partial charge in [-0.05, 0) is 37.5 Å². The molecule has 0 spiro atoms. The summed E-state index contributed by atoms with van der Waals surface area (Å²) >= 11 is 5.89. The zero-order valence-electron chi connectivity index (χ0n) is 11.7. The second kappa shape index (κ2) is 6.10. The molecule has 6 nitrogen and oxygen atoms in total. The zero-order chi connectivity index (χ0) is 15.7. The molecule has 0 amide bonds. The van der Waals surface area contributed by atoms with Crippen molar-refractivity contribution in [2.45, 2.75) is 30.2 Å². The van der Waals surface area contributed by atoms with E-state index < -0.39 is 15.6 Å². The quantitative estimate of drug-likeness (QED) is 0.714. The number of aliphatic hydroxyl groups excluding tert-OH is 1. The number of hydrogen-bond acceptors (Lipinski definition) is 5. The molecular weight excluding hydrogens is 316 g/mol. The number of rotatable bonds is 4. The molecule has 1 aromatic carbocycles. The van der Waals surface area contributed by atoms with Gasteiger partial charge in [0, 0.05) is 13.2 Å². The van der Waals surface area contributed by atoms with Gasteiger partial charge < -0.3 is 15.6 Å². The summed E-state index contributed by atoms with van der Waals surface area (Å²) in [5.41, 5.74) is 5.50. The van der Waals surface area contributed by atoms with Crippen LogP contribution in [0.1, 0.15) is 18.4 Å². The minimum Gasteiger partial charge on any atom is -0.397 e. The van der Waals surface area contributed by atoms with Crippen molar-refractivity contribution in [3.8, 4) is 0 Å². The molecule has 1 aliphatic rings. The molecular formula is C13H19ClN2O4S. The minimum absolute atomic E-state index is 0.0729. The highest BCUT2D eigenvalue weighted by Crippen LogP contribution is 2.28. The number of benzene rings is 1. The fourth-order valence-electron chi connectivity index (χ4n) is 2.35. The van der Waals surface area contributed by atoms with Gasteiger partial charge in [0.1, 0.15) is 0 Å². The third-order valence-corrected chi connectivity index (χ3v) is 5.74. The van der Waals surface area contributed by atoms with E-state index in [9.17, 15) is 13.5 Å². The lowest BCUT2D eigenvalue weighted by molar-refractivity contribution is 0.0223. The number of aliphatic hydroxyl groups is 1. The van der Waals surface area contributed by atoms with Gasteiger partial charge >= 0.3 is 0 Å². The Labute approximate surface area is 129 Å². The molecule has 1 aliphatic heterocycles. The molecule has 0 saturated carbocycles. The van der Waals surface area contributed by atoms with Crippen LogP contribution in [0.2, 0.25) is 5.02 Å². The molecule has 2 rings (SSSR count). The third-order valence-electron chi connectivity index (χ3n) is 3.69. The summed E-state index contributed by atoms with van der Waals surface area (Å²) in [7, 11) is -3.80. The average Bonchev–Trinajstić information content (AvgIpc) is 2.43. The molecule has 1 aromatic rings. The van der Waals surface area contributed by atoms with Crippen molar-refractivity contribution >= 4 is 27.3 Å². The first kappa shape index (κ1) is 16.5. The smallest absolute Gasteiger partial charge is 0.241 e. The summed E-state index contributed by atoms with van der Waals surface area (Å²) in [6.07, 6.45) is 0.843. The van der Waals surface area contributed by atoms with Crippen LogP contribution in [0.15, 0.2) is 17.0 Å². The number of halogens is 1. The molecule has 1 fully saturated rings. The fraction of sp³-hybridized carbons (Fsp3) is 0.538. The van der Waals surface area contributed by atoms with Gasteiger partial charge in [0.25, 0.3) is 0 Å². The summed E-state index contributed by atoms with van der Waals surface area (Å²) in [6.45, 7) is 2.18. The highest BCUT2D eigenvalue weighted by molar-refractivity contribution is 7.89. The number of nitrogens with one attached hydrogen (secondary N) is 1. The van der Waals surface area contributed by atoms with Crippen LogP contribution in [0.25, 0.3) is 0 Å². The Morgan fingerprint density at radius 1 is 1.43 bits per heavy atom. The Hall–Kier alpha value is -0.860. The number of nitrogen functional groups attached to an aromatic ring is 1. The molecule has 0 bridgehead atoms. The molecule has 1 saturated heterocycles. The van der Waals surface area contributed by atoms with Gasteiger partial charge in [-0.1, -0.05) is 11.6 Å². The largest absolute Gasteiger partial charge is 0.397 e. The predicted octanol–water partition coefficient (Wildman–Crippen LogP) is 1.05. The molecule has 0 unspecified atom stereocenters. The van der Waals surface area contributed by atoms with Crippen LogP contribution in [0.3, 0.4) is 0 Å². The lowest BCUT2D eigenvalue weighted by Gasteiger charge is -2.36. The molecule has 4 N–H and O–H groups in total. The molecule has 118 valence electrons. The maximum absolute atomic E-state index is 12.6. The Morgan fingerprint density at radius 2 is 2.05 bits per heavy atom. The van der Waals surface area contributed by atoms with E-state index in [0.717, 1.165) is 0 Å². The summed E-state index contributed by atoms with van der Waals surface area (Å²) in [6, 6.07) is 2.85. The SMILES string of the molecule is Cc1cc(Cl)c(N)cc1S(=O)(=O)NC1(CO)CCOCC1. The molecule has 1 heterocycles. The van der Waals surface area contributed by atoms with Gasteiger partial charge in [0.2, 0.25) is 10.0 Å². The minimum atomic E-state index is -3.80. The van der Waals surface area contributed by atoms with Crippen LogP contribution >= 0.6 is 11.6 Å². The molecule has 0 radical (unpaired) electrons. The predicted molar refractivity (Wildman–Crippen MR) is 80.8 cm³/mol. The van der Waals surface area contributed by atoms with Crippen LogP contribution in [-0.4, -0.2) is 38.9 Å². The normalized spacial score (nSPS) is 18.6. The van der Waals surface area contributed by atoms with E-state index >= 15 is 0 Å². The van der Waals surface area contributed by atoms with Gasteiger partial charge in [-0.15, -0.1) is 0 Å². The Kier molecular flexibility index (Phi) is 4.79. The molecule has 0 atom stereocenters. The number of nitrogens with two attached hydrogens (primary N) is 1. The van der Waals surface area contributed by atoms with Crippen molar-refractivity contribution in [3.05, 3.63) is 22.7 Å². The van der Waals surface area contributed by atoms with Crippen LogP contribution in [0.4, 0.5) is 5.69 Å². The highest BCUT2D eigenvalue weighted by atomic mass is 35.5. The molecule has 0 aromatic heterocycles. The number of hydrogen-bond donors (Lipinski definition) is 3. The first-order valence-electron chi connectivity index (χ1n) is 6.58. The summed E-state index contributed by atoms with van der Waals surface area (Å²) < 4.78 is 33.0. The third kappa shape index (κ3) is 3.49. The summed E-state index contributed by atoms with van der Waals surface area (Å²) in [4.78, 5) is 0.0729. The molecule has 21 heavy (non-hydrogen) atoms. The van der Waals surface area contributed by atoms with E-state index in [2.05, 4.69) is 4.72 Å². The van der Waals surface area contributed by atoms with E-state index in [1.165, 1.54) is 12.1 Å². The van der Waals surface area contributed by atoms with Gasteiger partial charge in [-0.3, -0.25) is 0 Å². The Morgan fingerprint density at radius 3 is 2.62 bits per heavy atom. The molecule has 0 aliphatic carbocycles. The van der Waals surface area contributed by atoms with Crippen molar-refractivity contribution in [1.82, 2.24) is 4.72 Å². The van der Waals surface area contributed by atoms with Crippen molar-refractivity contribution in [3.63, 3.8) is 0 Å². The van der Waals surface area contributed by atoms with E-state index in [4.69, 9.17) is 22.1 Å². The van der Waals surface area contributed by atoms with Gasteiger partial charge in [0.05, 0.1) is 27.8 Å². The zero-order valence-corrected chi connectivity index (χ0v) is 13.3. The maximum Gasteiger partial charge on any atom is 0.241 e. The number of anilines is 1. The highest BCUT2D eigenvalue weighted by Gasteiger charge is 2.37.